The van der Waals surface area contributed by atoms with E-state index in [0.717, 1.165) is 46.3 Å². The molecule has 1 aliphatic carbocycles. The predicted molar refractivity (Wildman–Crippen MR) is 101 cm³/mol. The first-order chi connectivity index (χ1) is 12.0. The summed E-state index contributed by atoms with van der Waals surface area (Å²) in [7, 11) is 0. The standard InChI is InChI=1S/C18H21BrN6/c1-11-8-23-17(18(21)6-2-3-13(20)7-18)24-16(11)14-9-22-15-5-4-12(19)10-25(14)15/h4-5,8-10,13H,2-3,6-7,20-21H2,1H3. The van der Waals surface area contributed by atoms with Gasteiger partial charge in [-0.15, -0.1) is 0 Å². The van der Waals surface area contributed by atoms with Gasteiger partial charge in [0, 0.05) is 22.9 Å². The molecule has 0 radical (unpaired) electrons. The maximum absolute atomic E-state index is 6.64. The second-order valence-corrected chi connectivity index (χ2v) is 7.87. The molecule has 25 heavy (non-hydrogen) atoms. The average molecular weight is 401 g/mol. The van der Waals surface area contributed by atoms with Crippen LogP contribution >= 0.6 is 15.9 Å². The van der Waals surface area contributed by atoms with Gasteiger partial charge in [0.05, 0.1) is 23.1 Å². The summed E-state index contributed by atoms with van der Waals surface area (Å²) in [4.78, 5) is 13.9. The van der Waals surface area contributed by atoms with Gasteiger partial charge in [0.1, 0.15) is 11.5 Å². The molecule has 1 saturated carbocycles. The highest BCUT2D eigenvalue weighted by atomic mass is 79.9. The third-order valence-electron chi connectivity index (χ3n) is 4.95. The van der Waals surface area contributed by atoms with Gasteiger partial charge in [0.15, 0.2) is 0 Å². The Balaban J connectivity index is 1.83. The summed E-state index contributed by atoms with van der Waals surface area (Å²) < 4.78 is 3.01. The minimum atomic E-state index is -0.554. The van der Waals surface area contributed by atoms with Crippen LogP contribution in [-0.2, 0) is 5.54 Å². The van der Waals surface area contributed by atoms with Gasteiger partial charge in [-0.25, -0.2) is 15.0 Å². The van der Waals surface area contributed by atoms with Gasteiger partial charge >= 0.3 is 0 Å². The molecule has 0 amide bonds. The molecule has 4 N–H and O–H groups in total. The molecule has 0 bridgehead atoms. The smallest absolute Gasteiger partial charge is 0.148 e. The van der Waals surface area contributed by atoms with Crippen molar-refractivity contribution in [1.29, 1.82) is 0 Å². The highest BCUT2D eigenvalue weighted by Crippen LogP contribution is 2.34. The number of aryl methyl sites for hydroxylation is 1. The Bertz CT molecular complexity index is 936. The number of hydrogen-bond donors (Lipinski definition) is 2. The fourth-order valence-electron chi connectivity index (χ4n) is 3.63. The molecule has 3 heterocycles. The Morgan fingerprint density at radius 3 is 2.92 bits per heavy atom. The Morgan fingerprint density at radius 2 is 2.12 bits per heavy atom. The number of halogens is 1. The summed E-state index contributed by atoms with van der Waals surface area (Å²) in [6.45, 7) is 2.01. The van der Waals surface area contributed by atoms with Crippen LogP contribution in [0.25, 0.3) is 17.0 Å². The zero-order valence-corrected chi connectivity index (χ0v) is 15.7. The van der Waals surface area contributed by atoms with E-state index in [1.54, 1.807) is 0 Å². The van der Waals surface area contributed by atoms with E-state index >= 15 is 0 Å². The summed E-state index contributed by atoms with van der Waals surface area (Å²) >= 11 is 3.52. The van der Waals surface area contributed by atoms with Gasteiger partial charge in [-0.3, -0.25) is 4.40 Å². The van der Waals surface area contributed by atoms with Gasteiger partial charge in [-0.1, -0.05) is 0 Å². The summed E-state index contributed by atoms with van der Waals surface area (Å²) in [6.07, 6.45) is 9.29. The molecule has 1 aliphatic rings. The van der Waals surface area contributed by atoms with E-state index in [1.807, 2.05) is 42.0 Å². The summed E-state index contributed by atoms with van der Waals surface area (Å²) in [6, 6.07) is 4.05. The van der Waals surface area contributed by atoms with E-state index in [0.29, 0.717) is 12.2 Å². The Morgan fingerprint density at radius 1 is 1.28 bits per heavy atom. The maximum atomic E-state index is 6.64. The zero-order valence-electron chi connectivity index (χ0n) is 14.1. The van der Waals surface area contributed by atoms with Crippen LogP contribution in [0.1, 0.15) is 37.1 Å². The van der Waals surface area contributed by atoms with Crippen molar-refractivity contribution in [2.45, 2.75) is 44.2 Å². The SMILES string of the molecule is Cc1cnc(C2(N)CCCC(N)C2)nc1-c1cnc2ccc(Br)cn12. The molecule has 2 atom stereocenters. The lowest BCUT2D eigenvalue weighted by atomic mass is 9.79. The first-order valence-electron chi connectivity index (χ1n) is 8.48. The fourth-order valence-corrected chi connectivity index (χ4v) is 3.96. The largest absolute Gasteiger partial charge is 0.328 e. The van der Waals surface area contributed by atoms with E-state index in [1.165, 1.54) is 0 Å². The molecular weight excluding hydrogens is 380 g/mol. The monoisotopic (exact) mass is 400 g/mol. The van der Waals surface area contributed by atoms with Crippen molar-refractivity contribution < 1.29 is 0 Å². The van der Waals surface area contributed by atoms with Crippen LogP contribution in [-0.4, -0.2) is 25.4 Å². The fraction of sp³-hybridized carbons (Fsp3) is 0.389. The molecule has 2 unspecified atom stereocenters. The van der Waals surface area contributed by atoms with Gasteiger partial charge in [-0.05, 0) is 66.2 Å². The number of nitrogens with zero attached hydrogens (tertiary/aromatic N) is 4. The number of aromatic nitrogens is 4. The Kier molecular flexibility index (Phi) is 4.10. The third-order valence-corrected chi connectivity index (χ3v) is 5.42. The number of pyridine rings is 1. The first-order valence-corrected chi connectivity index (χ1v) is 9.27. The Labute approximate surface area is 154 Å². The molecule has 130 valence electrons. The van der Waals surface area contributed by atoms with Gasteiger partial charge in [0.25, 0.3) is 0 Å². The second kappa shape index (κ2) is 6.16. The second-order valence-electron chi connectivity index (χ2n) is 6.96. The summed E-state index contributed by atoms with van der Waals surface area (Å²) in [5.41, 5.74) is 15.9. The van der Waals surface area contributed by atoms with Gasteiger partial charge in [-0.2, -0.15) is 0 Å². The van der Waals surface area contributed by atoms with Crippen LogP contribution in [0.3, 0.4) is 0 Å². The maximum Gasteiger partial charge on any atom is 0.148 e. The van der Waals surface area contributed by atoms with Crippen LogP contribution in [0.15, 0.2) is 35.2 Å². The topological polar surface area (TPSA) is 95.1 Å². The number of fused-ring (bicyclic) bond motifs is 1. The van der Waals surface area contributed by atoms with Crippen molar-refractivity contribution in [1.82, 2.24) is 19.4 Å². The number of nitrogens with two attached hydrogens (primary N) is 2. The average Bonchev–Trinajstić information content (AvgIpc) is 2.98. The van der Waals surface area contributed by atoms with Gasteiger partial charge < -0.3 is 11.5 Å². The van der Waals surface area contributed by atoms with Crippen LogP contribution in [0.2, 0.25) is 0 Å². The number of imidazole rings is 1. The van der Waals surface area contributed by atoms with Crippen molar-refractivity contribution >= 4 is 21.6 Å². The molecule has 3 aromatic rings. The number of rotatable bonds is 2. The van der Waals surface area contributed by atoms with Crippen LogP contribution in [0.5, 0.6) is 0 Å². The molecule has 4 rings (SSSR count). The van der Waals surface area contributed by atoms with Crippen LogP contribution < -0.4 is 11.5 Å². The normalized spacial score (nSPS) is 23.9. The summed E-state index contributed by atoms with van der Waals surface area (Å²) in [5, 5.41) is 0. The van der Waals surface area contributed by atoms with Crippen molar-refractivity contribution in [3.8, 4) is 11.4 Å². The highest BCUT2D eigenvalue weighted by Gasteiger charge is 2.36. The third kappa shape index (κ3) is 2.96. The first kappa shape index (κ1) is 16.6. The van der Waals surface area contributed by atoms with E-state index in [9.17, 15) is 0 Å². The Hall–Kier alpha value is -1.83. The lowest BCUT2D eigenvalue weighted by Crippen LogP contribution is -2.47. The lowest BCUT2D eigenvalue weighted by Gasteiger charge is -2.35. The molecule has 1 fully saturated rings. The predicted octanol–water partition coefficient (Wildman–Crippen LogP) is 2.92. The molecule has 3 aromatic heterocycles. The van der Waals surface area contributed by atoms with Crippen molar-refractivity contribution in [3.05, 3.63) is 46.6 Å². The minimum absolute atomic E-state index is 0.110. The summed E-state index contributed by atoms with van der Waals surface area (Å²) in [5.74, 6) is 0.674. The molecule has 0 spiro atoms. The van der Waals surface area contributed by atoms with Crippen molar-refractivity contribution in [2.24, 2.45) is 11.5 Å². The molecule has 0 aromatic carbocycles. The van der Waals surface area contributed by atoms with Crippen LogP contribution in [0, 0.1) is 6.92 Å². The van der Waals surface area contributed by atoms with Crippen molar-refractivity contribution in [3.63, 3.8) is 0 Å². The van der Waals surface area contributed by atoms with E-state index in [-0.39, 0.29) is 6.04 Å². The van der Waals surface area contributed by atoms with E-state index in [4.69, 9.17) is 16.5 Å². The zero-order chi connectivity index (χ0) is 17.6. The number of hydrogen-bond acceptors (Lipinski definition) is 5. The lowest BCUT2D eigenvalue weighted by molar-refractivity contribution is 0.260. The molecule has 6 nitrogen and oxygen atoms in total. The molecular formula is C18H21BrN6. The quantitative estimate of drug-likeness (QED) is 0.689. The van der Waals surface area contributed by atoms with E-state index < -0.39 is 5.54 Å². The van der Waals surface area contributed by atoms with Crippen LogP contribution in [0.4, 0.5) is 0 Å². The van der Waals surface area contributed by atoms with Gasteiger partial charge in [0.2, 0.25) is 0 Å². The molecule has 0 saturated heterocycles. The highest BCUT2D eigenvalue weighted by molar-refractivity contribution is 9.10. The molecule has 7 heteroatoms. The van der Waals surface area contributed by atoms with E-state index in [2.05, 4.69) is 25.9 Å². The molecule has 0 aliphatic heterocycles. The van der Waals surface area contributed by atoms with Crippen molar-refractivity contribution in [2.75, 3.05) is 0 Å². The minimum Gasteiger partial charge on any atom is -0.328 e.